The highest BCUT2D eigenvalue weighted by Crippen LogP contribution is 2.65. The molecule has 7 unspecified atom stereocenters. The van der Waals surface area contributed by atoms with Gasteiger partial charge in [0.15, 0.2) is 0 Å². The van der Waals surface area contributed by atoms with Crippen molar-refractivity contribution >= 4 is 11.9 Å². The molecule has 0 radical (unpaired) electrons. The van der Waals surface area contributed by atoms with Crippen LogP contribution in [0.15, 0.2) is 12.2 Å². The molecule has 0 aromatic heterocycles. The summed E-state index contributed by atoms with van der Waals surface area (Å²) >= 11 is 0. The minimum Gasteiger partial charge on any atom is -0.460 e. The lowest BCUT2D eigenvalue weighted by Gasteiger charge is -2.59. The maximum Gasteiger partial charge on any atom is 0.306 e. The molecule has 4 nitrogen and oxygen atoms in total. The Balaban J connectivity index is 1.51. The Morgan fingerprint density at radius 3 is 2.61 bits per heavy atom. The fraction of sp³-hybridized carbons (Fsp3) is 0.833. The first-order valence-corrected chi connectivity index (χ1v) is 11.2. The Morgan fingerprint density at radius 2 is 1.89 bits per heavy atom. The molecule has 3 aliphatic carbocycles. The first kappa shape index (κ1) is 20.0. The Labute approximate surface area is 169 Å². The Hall–Kier alpha value is -1.32. The summed E-state index contributed by atoms with van der Waals surface area (Å²) in [5.74, 6) is 2.53. The number of hydrogen-bond acceptors (Lipinski definition) is 3. The van der Waals surface area contributed by atoms with Gasteiger partial charge >= 0.3 is 5.97 Å². The van der Waals surface area contributed by atoms with Crippen LogP contribution in [-0.4, -0.2) is 23.5 Å². The lowest BCUT2D eigenvalue weighted by atomic mass is 9.48. The van der Waals surface area contributed by atoms with Gasteiger partial charge in [0.25, 0.3) is 0 Å². The fourth-order valence-electron chi connectivity index (χ4n) is 7.36. The topological polar surface area (TPSA) is 55.4 Å². The predicted molar refractivity (Wildman–Crippen MR) is 109 cm³/mol. The molecule has 3 fully saturated rings. The minimum absolute atomic E-state index is 0.0323. The Morgan fingerprint density at radius 1 is 1.14 bits per heavy atom. The van der Waals surface area contributed by atoms with E-state index in [9.17, 15) is 9.59 Å². The van der Waals surface area contributed by atoms with Crippen LogP contribution in [0.5, 0.6) is 0 Å². The number of amides is 1. The quantitative estimate of drug-likeness (QED) is 0.703. The van der Waals surface area contributed by atoms with Crippen molar-refractivity contribution in [2.75, 3.05) is 0 Å². The van der Waals surface area contributed by atoms with Crippen LogP contribution in [0.2, 0.25) is 0 Å². The van der Waals surface area contributed by atoms with Gasteiger partial charge in [0.2, 0.25) is 5.91 Å². The van der Waals surface area contributed by atoms with E-state index in [0.717, 1.165) is 12.8 Å². The SMILES string of the molecule is CC(C)(C)OC(=O)CC1CCC2C3CCC4NC(=O)C=CC4(C)C3CCC12C. The smallest absolute Gasteiger partial charge is 0.306 e. The second-order valence-electron chi connectivity index (χ2n) is 11.3. The van der Waals surface area contributed by atoms with Gasteiger partial charge in [0.05, 0.1) is 0 Å². The van der Waals surface area contributed by atoms with Crippen molar-refractivity contribution in [2.45, 2.75) is 91.2 Å². The highest BCUT2D eigenvalue weighted by molar-refractivity contribution is 5.89. The maximum absolute atomic E-state index is 12.5. The van der Waals surface area contributed by atoms with Crippen molar-refractivity contribution < 1.29 is 14.3 Å². The zero-order valence-corrected chi connectivity index (χ0v) is 18.2. The summed E-state index contributed by atoms with van der Waals surface area (Å²) in [6, 6.07) is 0.287. The summed E-state index contributed by atoms with van der Waals surface area (Å²) in [6.45, 7) is 10.7. The molecule has 4 rings (SSSR count). The number of rotatable bonds is 2. The van der Waals surface area contributed by atoms with E-state index in [2.05, 4.69) is 25.2 Å². The van der Waals surface area contributed by atoms with Gasteiger partial charge in [0.1, 0.15) is 5.60 Å². The molecule has 3 saturated carbocycles. The van der Waals surface area contributed by atoms with Crippen molar-refractivity contribution in [1.82, 2.24) is 5.32 Å². The standard InChI is InChI=1S/C24H37NO3/c1-22(2,3)28-21(27)14-15-6-8-17-16-7-9-19-24(5,13-11-20(26)25-19)18(16)10-12-23(15,17)4/h11,13,15-19H,6-10,12,14H2,1-5H3,(H,25,26). The van der Waals surface area contributed by atoms with Crippen molar-refractivity contribution in [2.24, 2.45) is 34.5 Å². The lowest BCUT2D eigenvalue weighted by molar-refractivity contribution is -0.158. The van der Waals surface area contributed by atoms with Crippen LogP contribution < -0.4 is 5.32 Å². The molecule has 0 aromatic carbocycles. The van der Waals surface area contributed by atoms with E-state index in [4.69, 9.17) is 4.74 Å². The molecule has 28 heavy (non-hydrogen) atoms. The van der Waals surface area contributed by atoms with Crippen LogP contribution in [0.25, 0.3) is 0 Å². The number of ether oxygens (including phenoxy) is 1. The molecule has 0 spiro atoms. The number of carbonyl (C=O) groups is 2. The van der Waals surface area contributed by atoms with Gasteiger partial charge in [-0.05, 0) is 94.5 Å². The molecular formula is C24H37NO3. The Bertz CT molecular complexity index is 692. The van der Waals surface area contributed by atoms with E-state index in [-0.39, 0.29) is 28.7 Å². The van der Waals surface area contributed by atoms with Gasteiger partial charge in [-0.2, -0.15) is 0 Å². The molecule has 1 heterocycles. The van der Waals surface area contributed by atoms with Crippen LogP contribution in [0.4, 0.5) is 0 Å². The molecule has 4 aliphatic rings. The zero-order chi connectivity index (χ0) is 20.3. The van der Waals surface area contributed by atoms with Gasteiger partial charge in [-0.25, -0.2) is 0 Å². The Kier molecular flexibility index (Phi) is 4.71. The van der Waals surface area contributed by atoms with Crippen molar-refractivity contribution in [3.8, 4) is 0 Å². The van der Waals surface area contributed by atoms with Crippen LogP contribution in [0.1, 0.15) is 79.6 Å². The summed E-state index contributed by atoms with van der Waals surface area (Å²) in [6.07, 6.45) is 11.6. The first-order valence-electron chi connectivity index (χ1n) is 11.2. The van der Waals surface area contributed by atoms with E-state index in [0.29, 0.717) is 30.1 Å². The number of nitrogens with one attached hydrogen (secondary N) is 1. The second kappa shape index (κ2) is 6.60. The third kappa shape index (κ3) is 3.21. The average Bonchev–Trinajstić information content (AvgIpc) is 2.90. The largest absolute Gasteiger partial charge is 0.460 e. The first-order chi connectivity index (χ1) is 13.0. The monoisotopic (exact) mass is 387 g/mol. The predicted octanol–water partition coefficient (Wildman–Crippen LogP) is 4.63. The number of hydrogen-bond donors (Lipinski definition) is 1. The van der Waals surface area contributed by atoms with Crippen LogP contribution in [-0.2, 0) is 14.3 Å². The van der Waals surface area contributed by atoms with Gasteiger partial charge in [-0.1, -0.05) is 19.9 Å². The van der Waals surface area contributed by atoms with Crippen LogP contribution in [0, 0.1) is 34.5 Å². The molecule has 1 amide bonds. The third-order valence-corrected chi connectivity index (χ3v) is 8.72. The normalized spacial score (nSPS) is 44.9. The summed E-state index contributed by atoms with van der Waals surface area (Å²) < 4.78 is 5.64. The van der Waals surface area contributed by atoms with Crippen molar-refractivity contribution in [1.29, 1.82) is 0 Å². The highest BCUT2D eigenvalue weighted by atomic mass is 16.6. The molecule has 0 bridgehead atoms. The molecule has 1 N–H and O–H groups in total. The third-order valence-electron chi connectivity index (χ3n) is 8.72. The van der Waals surface area contributed by atoms with E-state index >= 15 is 0 Å². The maximum atomic E-state index is 12.5. The molecule has 1 aliphatic heterocycles. The van der Waals surface area contributed by atoms with Gasteiger partial charge in [-0.3, -0.25) is 9.59 Å². The molecule has 0 aromatic rings. The summed E-state index contributed by atoms with van der Waals surface area (Å²) in [5, 5.41) is 3.23. The van der Waals surface area contributed by atoms with Gasteiger partial charge in [-0.15, -0.1) is 0 Å². The van der Waals surface area contributed by atoms with Gasteiger partial charge < -0.3 is 10.1 Å². The average molecular weight is 388 g/mol. The summed E-state index contributed by atoms with van der Waals surface area (Å²) in [5.41, 5.74) is -0.0668. The van der Waals surface area contributed by atoms with E-state index < -0.39 is 5.60 Å². The fourth-order valence-corrected chi connectivity index (χ4v) is 7.36. The van der Waals surface area contributed by atoms with E-state index in [1.165, 1.54) is 25.7 Å². The molecular weight excluding hydrogens is 350 g/mol. The van der Waals surface area contributed by atoms with Gasteiger partial charge in [0, 0.05) is 17.9 Å². The molecule has 7 atom stereocenters. The van der Waals surface area contributed by atoms with Crippen LogP contribution >= 0.6 is 0 Å². The zero-order valence-electron chi connectivity index (χ0n) is 18.2. The minimum atomic E-state index is -0.404. The molecule has 156 valence electrons. The van der Waals surface area contributed by atoms with Crippen molar-refractivity contribution in [3.05, 3.63) is 12.2 Å². The number of esters is 1. The van der Waals surface area contributed by atoms with Crippen LogP contribution in [0.3, 0.4) is 0 Å². The van der Waals surface area contributed by atoms with E-state index in [1.54, 1.807) is 6.08 Å². The summed E-state index contributed by atoms with van der Waals surface area (Å²) in [7, 11) is 0. The number of fused-ring (bicyclic) bond motifs is 5. The summed E-state index contributed by atoms with van der Waals surface area (Å²) in [4.78, 5) is 24.4. The lowest BCUT2D eigenvalue weighted by Crippen LogP contribution is -2.59. The van der Waals surface area contributed by atoms with E-state index in [1.807, 2.05) is 20.8 Å². The second-order valence-corrected chi connectivity index (χ2v) is 11.3. The molecule has 4 heteroatoms. The highest BCUT2D eigenvalue weighted by Gasteiger charge is 2.59. The van der Waals surface area contributed by atoms with Crippen molar-refractivity contribution in [3.63, 3.8) is 0 Å². The number of carbonyl (C=O) groups excluding carboxylic acids is 2. The molecule has 0 saturated heterocycles.